The summed E-state index contributed by atoms with van der Waals surface area (Å²) in [6.45, 7) is -0.0821. The van der Waals surface area contributed by atoms with Crippen molar-refractivity contribution in [2.75, 3.05) is 5.32 Å². The van der Waals surface area contributed by atoms with Gasteiger partial charge >= 0.3 is 0 Å². The molecule has 1 unspecified atom stereocenters. The van der Waals surface area contributed by atoms with Gasteiger partial charge in [-0.25, -0.2) is 9.37 Å². The molecule has 6 rings (SSSR count). The van der Waals surface area contributed by atoms with Gasteiger partial charge in [0.1, 0.15) is 11.6 Å². The van der Waals surface area contributed by atoms with Crippen LogP contribution in [0.15, 0.2) is 77.6 Å². The highest BCUT2D eigenvalue weighted by Crippen LogP contribution is 2.37. The van der Waals surface area contributed by atoms with E-state index in [0.717, 1.165) is 0 Å². The summed E-state index contributed by atoms with van der Waals surface area (Å²) in [5.74, 6) is -1.01. The van der Waals surface area contributed by atoms with E-state index in [4.69, 9.17) is 0 Å². The molecule has 1 amide bonds. The second-order valence-electron chi connectivity index (χ2n) is 8.64. The number of nitrogens with zero attached hydrogens (tertiary/aromatic N) is 4. The van der Waals surface area contributed by atoms with Gasteiger partial charge in [-0.15, -0.1) is 0 Å². The number of amides is 1. The largest absolute Gasteiger partial charge is 0.311 e. The lowest BCUT2D eigenvalue weighted by atomic mass is 9.86. The number of carbonyl (C=O) groups excluding carboxylic acids is 1. The maximum absolute atomic E-state index is 14.6. The van der Waals surface area contributed by atoms with Crippen LogP contribution in [0.4, 0.5) is 15.9 Å². The fraction of sp³-hybridized carbons (Fsp3) is 0.115. The molecule has 1 aliphatic heterocycles. The SMILES string of the molecule is O=C1CC(c2cccc([N+](=O)[O-])c2)c2c(n3c4ccccc4nc3n(Cc3ccccc3F)c2=O)N1. The number of carbonyl (C=O) groups is 1. The fourth-order valence-electron chi connectivity index (χ4n) is 4.86. The van der Waals surface area contributed by atoms with Crippen LogP contribution in [0.2, 0.25) is 0 Å². The molecule has 3 heterocycles. The minimum absolute atomic E-state index is 0.0682. The Morgan fingerprint density at radius 1 is 1.06 bits per heavy atom. The number of rotatable bonds is 4. The van der Waals surface area contributed by atoms with Crippen LogP contribution in [0.25, 0.3) is 16.8 Å². The van der Waals surface area contributed by atoms with Crippen LogP contribution in [0.3, 0.4) is 0 Å². The number of imidazole rings is 1. The molecule has 0 saturated heterocycles. The van der Waals surface area contributed by atoms with Crippen LogP contribution in [0, 0.1) is 15.9 Å². The summed E-state index contributed by atoms with van der Waals surface area (Å²) in [7, 11) is 0. The molecule has 178 valence electrons. The summed E-state index contributed by atoms with van der Waals surface area (Å²) in [4.78, 5) is 42.4. The van der Waals surface area contributed by atoms with Gasteiger partial charge in [0.15, 0.2) is 0 Å². The molecule has 10 heteroatoms. The minimum Gasteiger partial charge on any atom is -0.311 e. The van der Waals surface area contributed by atoms with E-state index in [1.165, 1.54) is 28.8 Å². The number of benzene rings is 3. The Kier molecular flexibility index (Phi) is 4.89. The molecular formula is C26H18FN5O4. The number of nitro benzene ring substituents is 1. The van der Waals surface area contributed by atoms with Gasteiger partial charge in [-0.1, -0.05) is 42.5 Å². The molecule has 3 aromatic carbocycles. The minimum atomic E-state index is -0.737. The fourth-order valence-corrected chi connectivity index (χ4v) is 4.86. The first-order valence-electron chi connectivity index (χ1n) is 11.2. The van der Waals surface area contributed by atoms with Gasteiger partial charge in [0, 0.05) is 30.0 Å². The van der Waals surface area contributed by atoms with E-state index in [2.05, 4.69) is 10.3 Å². The molecule has 36 heavy (non-hydrogen) atoms. The highest BCUT2D eigenvalue weighted by molar-refractivity contribution is 5.96. The molecule has 0 fully saturated rings. The van der Waals surface area contributed by atoms with Gasteiger partial charge < -0.3 is 5.32 Å². The van der Waals surface area contributed by atoms with Gasteiger partial charge in [0.25, 0.3) is 11.2 Å². The van der Waals surface area contributed by atoms with Crippen molar-refractivity contribution in [3.05, 3.63) is 116 Å². The van der Waals surface area contributed by atoms with Gasteiger partial charge in [-0.05, 0) is 23.8 Å². The van der Waals surface area contributed by atoms with Crippen LogP contribution >= 0.6 is 0 Å². The van der Waals surface area contributed by atoms with Crippen LogP contribution in [0.5, 0.6) is 0 Å². The Morgan fingerprint density at radius 2 is 1.83 bits per heavy atom. The van der Waals surface area contributed by atoms with Crippen molar-refractivity contribution in [3.8, 4) is 0 Å². The normalized spacial score (nSPS) is 15.1. The van der Waals surface area contributed by atoms with E-state index in [-0.39, 0.29) is 41.7 Å². The van der Waals surface area contributed by atoms with E-state index >= 15 is 0 Å². The van der Waals surface area contributed by atoms with Crippen molar-refractivity contribution < 1.29 is 14.1 Å². The van der Waals surface area contributed by atoms with Crippen molar-refractivity contribution in [2.45, 2.75) is 18.9 Å². The third kappa shape index (κ3) is 3.34. The molecule has 0 bridgehead atoms. The van der Waals surface area contributed by atoms with Crippen molar-refractivity contribution in [3.63, 3.8) is 0 Å². The van der Waals surface area contributed by atoms with Crippen molar-refractivity contribution in [1.29, 1.82) is 0 Å². The summed E-state index contributed by atoms with van der Waals surface area (Å²) < 4.78 is 17.7. The number of nitro groups is 1. The summed E-state index contributed by atoms with van der Waals surface area (Å²) in [5, 5.41) is 14.2. The van der Waals surface area contributed by atoms with Gasteiger partial charge in [0.2, 0.25) is 11.7 Å². The van der Waals surface area contributed by atoms with Crippen LogP contribution in [0.1, 0.15) is 29.0 Å². The first kappa shape index (κ1) is 21.7. The molecular weight excluding hydrogens is 465 g/mol. The predicted octanol–water partition coefficient (Wildman–Crippen LogP) is 4.22. The molecule has 9 nitrogen and oxygen atoms in total. The molecule has 0 radical (unpaired) electrons. The van der Waals surface area contributed by atoms with Crippen LogP contribution < -0.4 is 10.9 Å². The van der Waals surface area contributed by atoms with E-state index < -0.39 is 22.2 Å². The van der Waals surface area contributed by atoms with Crippen molar-refractivity contribution in [1.82, 2.24) is 14.0 Å². The number of halogens is 1. The summed E-state index contributed by atoms with van der Waals surface area (Å²) in [6, 6.07) is 19.3. The van der Waals surface area contributed by atoms with Crippen molar-refractivity contribution in [2.24, 2.45) is 0 Å². The van der Waals surface area contributed by atoms with Gasteiger partial charge in [0.05, 0.1) is 28.1 Å². The Balaban J connectivity index is 1.69. The third-order valence-corrected chi connectivity index (χ3v) is 6.50. The Bertz CT molecular complexity index is 1770. The lowest BCUT2D eigenvalue weighted by molar-refractivity contribution is -0.384. The maximum Gasteiger partial charge on any atom is 0.269 e. The number of nitrogens with one attached hydrogen (secondary N) is 1. The molecule has 1 atom stereocenters. The van der Waals surface area contributed by atoms with E-state index in [0.29, 0.717) is 22.2 Å². The smallest absolute Gasteiger partial charge is 0.269 e. The first-order chi connectivity index (χ1) is 17.4. The molecule has 1 N–H and O–H groups in total. The number of hydrogen-bond donors (Lipinski definition) is 1. The quantitative estimate of drug-likeness (QED) is 0.304. The Labute approximate surface area is 202 Å². The van der Waals surface area contributed by atoms with Crippen molar-refractivity contribution >= 4 is 34.2 Å². The predicted molar refractivity (Wildman–Crippen MR) is 131 cm³/mol. The second kappa shape index (κ2) is 8.12. The molecule has 2 aromatic heterocycles. The van der Waals surface area contributed by atoms with Gasteiger partial charge in [-0.2, -0.15) is 0 Å². The average Bonchev–Trinajstić information content (AvgIpc) is 3.27. The van der Waals surface area contributed by atoms with E-state index in [1.54, 1.807) is 34.7 Å². The summed E-state index contributed by atoms with van der Waals surface area (Å²) in [6.07, 6.45) is -0.0682. The number of aromatic nitrogens is 3. The molecule has 0 saturated carbocycles. The Hall–Kier alpha value is -4.86. The maximum atomic E-state index is 14.6. The zero-order chi connectivity index (χ0) is 25.0. The van der Waals surface area contributed by atoms with E-state index in [9.17, 15) is 24.1 Å². The number of non-ortho nitro benzene ring substituents is 1. The lowest BCUT2D eigenvalue weighted by Gasteiger charge is -2.27. The summed E-state index contributed by atoms with van der Waals surface area (Å²) >= 11 is 0. The first-order valence-corrected chi connectivity index (χ1v) is 11.2. The second-order valence-corrected chi connectivity index (χ2v) is 8.64. The zero-order valence-electron chi connectivity index (χ0n) is 18.7. The highest BCUT2D eigenvalue weighted by Gasteiger charge is 2.34. The standard InChI is InChI=1S/C26H18FN5O4/c27-19-9-2-1-6-16(19)14-30-25(34)23-18(15-7-5-8-17(12-15)32(35)36)13-22(33)29-24(23)31-21-11-4-3-10-20(21)28-26(30)31/h1-12,18H,13-14H2,(H,29,33). The number of anilines is 1. The topological polar surface area (TPSA) is 112 Å². The number of hydrogen-bond acceptors (Lipinski definition) is 5. The third-order valence-electron chi connectivity index (χ3n) is 6.50. The molecule has 0 aliphatic carbocycles. The van der Waals surface area contributed by atoms with Gasteiger partial charge in [-0.3, -0.25) is 28.7 Å². The summed E-state index contributed by atoms with van der Waals surface area (Å²) in [5.41, 5.74) is 1.71. The number of para-hydroxylation sites is 2. The van der Waals surface area contributed by atoms with Crippen LogP contribution in [-0.4, -0.2) is 24.8 Å². The molecule has 0 spiro atoms. The van der Waals surface area contributed by atoms with E-state index in [1.807, 2.05) is 18.2 Å². The number of fused-ring (bicyclic) bond motifs is 5. The zero-order valence-corrected chi connectivity index (χ0v) is 18.7. The monoisotopic (exact) mass is 483 g/mol. The highest BCUT2D eigenvalue weighted by atomic mass is 19.1. The average molecular weight is 483 g/mol. The Morgan fingerprint density at radius 3 is 2.64 bits per heavy atom. The lowest BCUT2D eigenvalue weighted by Crippen LogP contribution is -2.36. The molecule has 1 aliphatic rings. The molecule has 5 aromatic rings. The van der Waals surface area contributed by atoms with Crippen LogP contribution in [-0.2, 0) is 11.3 Å².